The van der Waals surface area contributed by atoms with Crippen LogP contribution in [0.5, 0.6) is 0 Å². The summed E-state index contributed by atoms with van der Waals surface area (Å²) in [6, 6.07) is 7.46. The molecule has 1 aromatic rings. The molecule has 1 heterocycles. The summed E-state index contributed by atoms with van der Waals surface area (Å²) < 4.78 is 6.38. The lowest BCUT2D eigenvalue weighted by Crippen LogP contribution is -2.48. The Kier molecular flexibility index (Phi) is 4.14. The quantitative estimate of drug-likeness (QED) is 0.801. The van der Waals surface area contributed by atoms with E-state index in [1.165, 1.54) is 0 Å². The monoisotopic (exact) mass is 332 g/mol. The third-order valence-corrected chi connectivity index (χ3v) is 3.07. The minimum Gasteiger partial charge on any atom is -0.378 e. The molecule has 1 aliphatic heterocycles. The molecule has 86 valence electrons. The van der Waals surface area contributed by atoms with Gasteiger partial charge in [-0.05, 0) is 46.9 Å². The number of morpholine rings is 1. The van der Waals surface area contributed by atoms with Gasteiger partial charge in [-0.2, -0.15) is 0 Å². The van der Waals surface area contributed by atoms with E-state index in [4.69, 9.17) is 4.74 Å². The summed E-state index contributed by atoms with van der Waals surface area (Å²) in [4.78, 5) is 11.8. The van der Waals surface area contributed by atoms with E-state index in [-0.39, 0.29) is 11.9 Å². The smallest absolute Gasteiger partial charge is 0.243 e. The number of nitrogens with one attached hydrogen (secondary N) is 2. The first kappa shape index (κ1) is 11.8. The number of benzene rings is 1. The van der Waals surface area contributed by atoms with E-state index in [0.717, 1.165) is 15.8 Å². The van der Waals surface area contributed by atoms with Crippen molar-refractivity contribution in [2.45, 2.75) is 6.04 Å². The molecule has 2 N–H and O–H groups in total. The normalized spacial score (nSPS) is 20.4. The third kappa shape index (κ3) is 3.16. The van der Waals surface area contributed by atoms with Gasteiger partial charge in [-0.15, -0.1) is 0 Å². The molecule has 1 unspecified atom stereocenters. The summed E-state index contributed by atoms with van der Waals surface area (Å²) in [7, 11) is 0. The fraction of sp³-hybridized carbons (Fsp3) is 0.364. The lowest BCUT2D eigenvalue weighted by molar-refractivity contribution is -0.120. The molecule has 4 nitrogen and oxygen atoms in total. The van der Waals surface area contributed by atoms with Crippen LogP contribution in [0.4, 0.5) is 5.69 Å². The molecular weight excluding hydrogens is 319 g/mol. The van der Waals surface area contributed by atoms with Crippen LogP contribution in [-0.2, 0) is 9.53 Å². The maximum absolute atomic E-state index is 11.8. The summed E-state index contributed by atoms with van der Waals surface area (Å²) in [6.07, 6.45) is 0. The second-order valence-corrected chi connectivity index (χ2v) is 4.82. The number of carbonyl (C=O) groups excluding carboxylic acids is 1. The van der Waals surface area contributed by atoms with Crippen LogP contribution in [0.15, 0.2) is 24.3 Å². The van der Waals surface area contributed by atoms with Crippen molar-refractivity contribution < 1.29 is 9.53 Å². The average Bonchev–Trinajstić information content (AvgIpc) is 2.33. The van der Waals surface area contributed by atoms with Crippen LogP contribution in [0.2, 0.25) is 0 Å². The van der Waals surface area contributed by atoms with Crippen LogP contribution in [0.1, 0.15) is 0 Å². The van der Waals surface area contributed by atoms with Gasteiger partial charge in [-0.25, -0.2) is 0 Å². The van der Waals surface area contributed by atoms with E-state index < -0.39 is 0 Å². The van der Waals surface area contributed by atoms with E-state index in [9.17, 15) is 4.79 Å². The largest absolute Gasteiger partial charge is 0.378 e. The van der Waals surface area contributed by atoms with Gasteiger partial charge in [0, 0.05) is 15.8 Å². The zero-order chi connectivity index (χ0) is 11.4. The van der Waals surface area contributed by atoms with Crippen molar-refractivity contribution >= 4 is 34.2 Å². The molecule has 1 amide bonds. The summed E-state index contributed by atoms with van der Waals surface area (Å²) in [5, 5.41) is 5.97. The van der Waals surface area contributed by atoms with Gasteiger partial charge in [0.2, 0.25) is 5.91 Å². The molecule has 0 aliphatic carbocycles. The van der Waals surface area contributed by atoms with Crippen molar-refractivity contribution in [2.24, 2.45) is 0 Å². The lowest BCUT2D eigenvalue weighted by Gasteiger charge is -2.22. The summed E-state index contributed by atoms with van der Waals surface area (Å²) in [5.74, 6) is -0.0408. The summed E-state index contributed by atoms with van der Waals surface area (Å²) in [5.41, 5.74) is 0.817. The topological polar surface area (TPSA) is 50.4 Å². The first-order valence-electron chi connectivity index (χ1n) is 5.13. The molecule has 1 fully saturated rings. The van der Waals surface area contributed by atoms with Crippen molar-refractivity contribution in [2.75, 3.05) is 25.1 Å². The second kappa shape index (κ2) is 5.60. The zero-order valence-corrected chi connectivity index (χ0v) is 10.9. The minimum atomic E-state index is -0.243. The molecule has 0 saturated carbocycles. The second-order valence-electron chi connectivity index (χ2n) is 3.58. The van der Waals surface area contributed by atoms with Gasteiger partial charge in [0.15, 0.2) is 0 Å². The minimum absolute atomic E-state index is 0.0408. The van der Waals surface area contributed by atoms with Crippen molar-refractivity contribution in [3.63, 3.8) is 0 Å². The molecule has 0 aromatic heterocycles. The van der Waals surface area contributed by atoms with Gasteiger partial charge in [0.25, 0.3) is 0 Å². The highest BCUT2D eigenvalue weighted by molar-refractivity contribution is 14.1. The first-order chi connectivity index (χ1) is 7.75. The number of halogens is 1. The predicted molar refractivity (Wildman–Crippen MR) is 70.4 cm³/mol. The Morgan fingerprint density at radius 2 is 2.19 bits per heavy atom. The Balaban J connectivity index is 1.93. The Hall–Kier alpha value is -0.660. The van der Waals surface area contributed by atoms with E-state index in [1.54, 1.807) is 0 Å². The molecule has 0 radical (unpaired) electrons. The maximum Gasteiger partial charge on any atom is 0.243 e. The van der Waals surface area contributed by atoms with Crippen LogP contribution in [0.25, 0.3) is 0 Å². The van der Waals surface area contributed by atoms with Gasteiger partial charge in [-0.3, -0.25) is 4.79 Å². The third-order valence-electron chi connectivity index (χ3n) is 2.35. The van der Waals surface area contributed by atoms with Crippen molar-refractivity contribution in [1.29, 1.82) is 0 Å². The number of hydrogen-bond acceptors (Lipinski definition) is 3. The van der Waals surface area contributed by atoms with E-state index in [1.807, 2.05) is 24.3 Å². The molecule has 0 bridgehead atoms. The highest BCUT2D eigenvalue weighted by atomic mass is 127. The Labute approximate surface area is 108 Å². The van der Waals surface area contributed by atoms with E-state index in [2.05, 4.69) is 33.2 Å². The molecule has 2 rings (SSSR count). The van der Waals surface area contributed by atoms with Gasteiger partial charge in [-0.1, -0.05) is 0 Å². The standard InChI is InChI=1S/C11H13IN2O2/c12-8-1-3-9(4-2-8)14-11(15)10-7-16-6-5-13-10/h1-4,10,13H,5-7H2,(H,14,15). The molecule has 1 aromatic carbocycles. The molecule has 16 heavy (non-hydrogen) atoms. The predicted octanol–water partition coefficient (Wildman–Crippen LogP) is 1.22. The van der Waals surface area contributed by atoms with Crippen molar-refractivity contribution in [3.05, 3.63) is 27.8 Å². The van der Waals surface area contributed by atoms with Crippen LogP contribution in [0, 0.1) is 3.57 Å². The fourth-order valence-electron chi connectivity index (χ4n) is 1.50. The molecule has 1 aliphatic rings. The van der Waals surface area contributed by atoms with Crippen LogP contribution in [-0.4, -0.2) is 31.7 Å². The highest BCUT2D eigenvalue weighted by Crippen LogP contribution is 2.11. The molecule has 0 spiro atoms. The highest BCUT2D eigenvalue weighted by Gasteiger charge is 2.20. The fourth-order valence-corrected chi connectivity index (χ4v) is 1.86. The van der Waals surface area contributed by atoms with E-state index >= 15 is 0 Å². The Morgan fingerprint density at radius 3 is 2.81 bits per heavy atom. The average molecular weight is 332 g/mol. The molecule has 1 saturated heterocycles. The van der Waals surface area contributed by atoms with Gasteiger partial charge in [0.1, 0.15) is 6.04 Å². The number of amides is 1. The SMILES string of the molecule is O=C(Nc1ccc(I)cc1)C1COCCN1. The number of ether oxygens (including phenoxy) is 1. The Morgan fingerprint density at radius 1 is 1.44 bits per heavy atom. The summed E-state index contributed by atoms with van der Waals surface area (Å²) in [6.45, 7) is 1.84. The lowest BCUT2D eigenvalue weighted by atomic mass is 10.2. The van der Waals surface area contributed by atoms with Crippen molar-refractivity contribution in [1.82, 2.24) is 5.32 Å². The number of anilines is 1. The molecule has 5 heteroatoms. The van der Waals surface area contributed by atoms with Crippen molar-refractivity contribution in [3.8, 4) is 0 Å². The number of rotatable bonds is 2. The van der Waals surface area contributed by atoms with Crippen LogP contribution < -0.4 is 10.6 Å². The number of carbonyl (C=O) groups is 1. The van der Waals surface area contributed by atoms with Crippen LogP contribution in [0.3, 0.4) is 0 Å². The first-order valence-corrected chi connectivity index (χ1v) is 6.21. The van der Waals surface area contributed by atoms with Gasteiger partial charge < -0.3 is 15.4 Å². The maximum atomic E-state index is 11.8. The van der Waals surface area contributed by atoms with Gasteiger partial charge in [0.05, 0.1) is 13.2 Å². The van der Waals surface area contributed by atoms with Gasteiger partial charge >= 0.3 is 0 Å². The summed E-state index contributed by atoms with van der Waals surface area (Å²) >= 11 is 2.23. The molecule has 1 atom stereocenters. The Bertz CT molecular complexity index is 361. The molecular formula is C11H13IN2O2. The van der Waals surface area contributed by atoms with Crippen LogP contribution >= 0.6 is 22.6 Å². The van der Waals surface area contributed by atoms with E-state index in [0.29, 0.717) is 13.2 Å². The zero-order valence-electron chi connectivity index (χ0n) is 8.70. The number of hydrogen-bond donors (Lipinski definition) is 2.